The highest BCUT2D eigenvalue weighted by atomic mass is 16.3. The van der Waals surface area contributed by atoms with E-state index in [9.17, 15) is 5.11 Å². The molecule has 21 heavy (non-hydrogen) atoms. The van der Waals surface area contributed by atoms with Gasteiger partial charge in [-0.05, 0) is 19.1 Å². The predicted octanol–water partition coefficient (Wildman–Crippen LogP) is 0.735. The van der Waals surface area contributed by atoms with E-state index >= 15 is 0 Å². The maximum absolute atomic E-state index is 9.27. The molecule has 0 fully saturated rings. The molecule has 112 valence electrons. The van der Waals surface area contributed by atoms with E-state index < -0.39 is 6.10 Å². The van der Waals surface area contributed by atoms with E-state index in [0.29, 0.717) is 5.82 Å². The number of aromatic nitrogens is 3. The fourth-order valence-corrected chi connectivity index (χ4v) is 1.73. The van der Waals surface area contributed by atoms with E-state index in [0.717, 1.165) is 23.6 Å². The molecular formula is C14H19N5O2. The summed E-state index contributed by atoms with van der Waals surface area (Å²) >= 11 is 0. The molecule has 2 rings (SSSR count). The third kappa shape index (κ3) is 4.37. The first-order valence-corrected chi connectivity index (χ1v) is 6.78. The van der Waals surface area contributed by atoms with Crippen LogP contribution >= 0.6 is 0 Å². The lowest BCUT2D eigenvalue weighted by molar-refractivity contribution is 0.105. The molecule has 0 radical (unpaired) electrons. The molecule has 0 saturated carbocycles. The van der Waals surface area contributed by atoms with Crippen LogP contribution in [0.3, 0.4) is 0 Å². The van der Waals surface area contributed by atoms with Gasteiger partial charge in [0, 0.05) is 30.9 Å². The molecule has 0 aromatic carbocycles. The minimum absolute atomic E-state index is 0.251. The summed E-state index contributed by atoms with van der Waals surface area (Å²) in [4.78, 5) is 12.6. The van der Waals surface area contributed by atoms with E-state index in [1.165, 1.54) is 6.33 Å². The van der Waals surface area contributed by atoms with Crippen molar-refractivity contribution in [1.82, 2.24) is 15.0 Å². The van der Waals surface area contributed by atoms with Gasteiger partial charge in [-0.25, -0.2) is 15.0 Å². The second kappa shape index (κ2) is 7.51. The third-order valence-electron chi connectivity index (χ3n) is 2.81. The van der Waals surface area contributed by atoms with Crippen molar-refractivity contribution in [3.63, 3.8) is 0 Å². The fourth-order valence-electron chi connectivity index (χ4n) is 1.73. The normalized spacial score (nSPS) is 12.0. The van der Waals surface area contributed by atoms with Crippen molar-refractivity contribution in [3.8, 4) is 11.3 Å². The van der Waals surface area contributed by atoms with Gasteiger partial charge >= 0.3 is 0 Å². The lowest BCUT2D eigenvalue weighted by Gasteiger charge is -2.10. The van der Waals surface area contributed by atoms with Gasteiger partial charge in [0.15, 0.2) is 0 Å². The molecule has 0 unspecified atom stereocenters. The summed E-state index contributed by atoms with van der Waals surface area (Å²) in [5, 5.41) is 24.1. The summed E-state index contributed by atoms with van der Waals surface area (Å²) in [5.41, 5.74) is 1.67. The van der Waals surface area contributed by atoms with Gasteiger partial charge in [0.2, 0.25) is 0 Å². The minimum atomic E-state index is -0.795. The van der Waals surface area contributed by atoms with Crippen LogP contribution in [-0.4, -0.2) is 51.0 Å². The second-order valence-corrected chi connectivity index (χ2v) is 4.47. The van der Waals surface area contributed by atoms with Crippen molar-refractivity contribution in [1.29, 1.82) is 0 Å². The van der Waals surface area contributed by atoms with E-state index in [-0.39, 0.29) is 13.2 Å². The number of rotatable bonds is 7. The monoisotopic (exact) mass is 289 g/mol. The third-order valence-corrected chi connectivity index (χ3v) is 2.81. The molecule has 2 aromatic rings. The molecule has 2 aromatic heterocycles. The highest BCUT2D eigenvalue weighted by molar-refractivity contribution is 5.62. The summed E-state index contributed by atoms with van der Waals surface area (Å²) in [6.45, 7) is 2.77. The van der Waals surface area contributed by atoms with Crippen molar-refractivity contribution < 1.29 is 10.2 Å². The Bertz CT molecular complexity index is 562. The number of aliphatic hydroxyl groups is 2. The van der Waals surface area contributed by atoms with Gasteiger partial charge in [0.1, 0.15) is 18.0 Å². The second-order valence-electron chi connectivity index (χ2n) is 4.47. The molecule has 0 aliphatic rings. The van der Waals surface area contributed by atoms with Crippen LogP contribution in [0.1, 0.15) is 6.92 Å². The first-order chi connectivity index (χ1) is 10.2. The Morgan fingerprint density at radius 2 is 2.00 bits per heavy atom. The molecule has 0 spiro atoms. The Kier molecular flexibility index (Phi) is 5.42. The van der Waals surface area contributed by atoms with Crippen molar-refractivity contribution in [3.05, 3.63) is 30.7 Å². The smallest absolute Gasteiger partial charge is 0.129 e. The van der Waals surface area contributed by atoms with E-state index in [1.54, 1.807) is 12.3 Å². The van der Waals surface area contributed by atoms with Crippen LogP contribution in [0.25, 0.3) is 11.3 Å². The highest BCUT2D eigenvalue weighted by Gasteiger charge is 2.04. The molecule has 7 heteroatoms. The molecule has 0 aliphatic carbocycles. The molecule has 0 saturated heterocycles. The standard InChI is InChI=1S/C14H19N5O2/c1-2-15-14-5-12(18-9-19-14)10-3-4-13(16-6-10)17-7-11(21)8-20/h3-6,9,11,20-21H,2,7-8H2,1H3,(H,16,17)(H,15,18,19)/t11-/m0/s1. The van der Waals surface area contributed by atoms with Crippen molar-refractivity contribution in [2.24, 2.45) is 0 Å². The Morgan fingerprint density at radius 3 is 2.67 bits per heavy atom. The van der Waals surface area contributed by atoms with Crippen LogP contribution in [0, 0.1) is 0 Å². The topological polar surface area (TPSA) is 103 Å². The Labute approximate surface area is 123 Å². The summed E-state index contributed by atoms with van der Waals surface area (Å²) in [6.07, 6.45) is 2.42. The van der Waals surface area contributed by atoms with E-state index in [4.69, 9.17) is 5.11 Å². The highest BCUT2D eigenvalue weighted by Crippen LogP contribution is 2.19. The zero-order valence-corrected chi connectivity index (χ0v) is 11.8. The first kappa shape index (κ1) is 15.1. The average molecular weight is 289 g/mol. The molecule has 7 nitrogen and oxygen atoms in total. The summed E-state index contributed by atoms with van der Waals surface area (Å²) in [6, 6.07) is 5.55. The van der Waals surface area contributed by atoms with Gasteiger partial charge < -0.3 is 20.8 Å². The molecule has 0 amide bonds. The number of pyridine rings is 1. The Morgan fingerprint density at radius 1 is 1.14 bits per heavy atom. The van der Waals surface area contributed by atoms with Crippen molar-refractivity contribution in [2.45, 2.75) is 13.0 Å². The minimum Gasteiger partial charge on any atom is -0.394 e. The zero-order valence-electron chi connectivity index (χ0n) is 11.8. The maximum Gasteiger partial charge on any atom is 0.129 e. The number of hydrogen-bond donors (Lipinski definition) is 4. The SMILES string of the molecule is CCNc1cc(-c2ccc(NC[C@H](O)CO)nc2)ncn1. The number of nitrogens with one attached hydrogen (secondary N) is 2. The van der Waals surface area contributed by atoms with Gasteiger partial charge in [-0.15, -0.1) is 0 Å². The van der Waals surface area contributed by atoms with Gasteiger partial charge in [0.05, 0.1) is 18.4 Å². The van der Waals surface area contributed by atoms with Crippen LogP contribution in [0.2, 0.25) is 0 Å². The van der Waals surface area contributed by atoms with Gasteiger partial charge in [0.25, 0.3) is 0 Å². The molecule has 0 bridgehead atoms. The van der Waals surface area contributed by atoms with Crippen LogP contribution in [0.4, 0.5) is 11.6 Å². The van der Waals surface area contributed by atoms with Crippen LogP contribution in [0.15, 0.2) is 30.7 Å². The molecular weight excluding hydrogens is 270 g/mol. The quantitative estimate of drug-likeness (QED) is 0.596. The van der Waals surface area contributed by atoms with Gasteiger partial charge in [-0.1, -0.05) is 0 Å². The molecule has 0 aliphatic heterocycles. The number of aliphatic hydroxyl groups excluding tert-OH is 2. The summed E-state index contributed by atoms with van der Waals surface area (Å²) < 4.78 is 0. The predicted molar refractivity (Wildman–Crippen MR) is 81.0 cm³/mol. The summed E-state index contributed by atoms with van der Waals surface area (Å²) in [7, 11) is 0. The lowest BCUT2D eigenvalue weighted by atomic mass is 10.2. The van der Waals surface area contributed by atoms with Crippen LogP contribution < -0.4 is 10.6 Å². The fraction of sp³-hybridized carbons (Fsp3) is 0.357. The zero-order chi connectivity index (χ0) is 15.1. The van der Waals surface area contributed by atoms with Crippen LogP contribution in [0.5, 0.6) is 0 Å². The first-order valence-electron chi connectivity index (χ1n) is 6.78. The van der Waals surface area contributed by atoms with Gasteiger partial charge in [-0.2, -0.15) is 0 Å². The number of hydrogen-bond acceptors (Lipinski definition) is 7. The van der Waals surface area contributed by atoms with Crippen molar-refractivity contribution in [2.75, 3.05) is 30.3 Å². The lowest BCUT2D eigenvalue weighted by Crippen LogP contribution is -2.23. The van der Waals surface area contributed by atoms with E-state index in [2.05, 4.69) is 25.6 Å². The number of anilines is 2. The molecule has 4 N–H and O–H groups in total. The number of nitrogens with zero attached hydrogens (tertiary/aromatic N) is 3. The van der Waals surface area contributed by atoms with E-state index in [1.807, 2.05) is 19.1 Å². The summed E-state index contributed by atoms with van der Waals surface area (Å²) in [5.74, 6) is 1.41. The average Bonchev–Trinajstić information content (AvgIpc) is 2.53. The van der Waals surface area contributed by atoms with Crippen molar-refractivity contribution >= 4 is 11.6 Å². The molecule has 2 heterocycles. The Hall–Kier alpha value is -2.25. The largest absolute Gasteiger partial charge is 0.394 e. The Balaban J connectivity index is 2.06. The molecule has 1 atom stereocenters. The van der Waals surface area contributed by atoms with Crippen LogP contribution in [-0.2, 0) is 0 Å². The van der Waals surface area contributed by atoms with Gasteiger partial charge in [-0.3, -0.25) is 0 Å². The maximum atomic E-state index is 9.27.